The Hall–Kier alpha value is -1.32. The first-order valence-corrected chi connectivity index (χ1v) is 4.57. The Morgan fingerprint density at radius 2 is 2.46 bits per heavy atom. The fourth-order valence-corrected chi connectivity index (χ4v) is 1.22. The molecule has 0 amide bonds. The number of hydrogen-bond acceptors (Lipinski definition) is 3. The zero-order valence-electron chi connectivity index (χ0n) is 7.85. The number of aromatic nitrogens is 2. The van der Waals surface area contributed by atoms with E-state index in [0.717, 1.165) is 13.0 Å². The molecule has 0 radical (unpaired) electrons. The highest BCUT2D eigenvalue weighted by Crippen LogP contribution is 2.01. The molecule has 4 nitrogen and oxygen atoms in total. The van der Waals surface area contributed by atoms with Crippen LogP contribution < -0.4 is 0 Å². The van der Waals surface area contributed by atoms with Crippen LogP contribution in [0.5, 0.6) is 0 Å². The number of unbranched alkanes of at least 4 members (excludes halogenated alkanes) is 2. The first kappa shape index (κ1) is 9.77. The summed E-state index contributed by atoms with van der Waals surface area (Å²) in [6.07, 6.45) is 8.52. The van der Waals surface area contributed by atoms with Crippen molar-refractivity contribution in [1.82, 2.24) is 9.55 Å². The number of nitrogens with zero attached hydrogens (tertiary/aromatic N) is 3. The summed E-state index contributed by atoms with van der Waals surface area (Å²) >= 11 is 0. The molecule has 0 aliphatic rings. The van der Waals surface area contributed by atoms with E-state index < -0.39 is 0 Å². The third kappa shape index (κ3) is 2.89. The highest BCUT2D eigenvalue weighted by molar-refractivity contribution is 5.74. The molecular formula is C9H15N3O. The summed E-state index contributed by atoms with van der Waals surface area (Å²) in [5.41, 5.74) is 0. The fourth-order valence-electron chi connectivity index (χ4n) is 1.22. The zero-order chi connectivity index (χ0) is 9.52. The summed E-state index contributed by atoms with van der Waals surface area (Å²) in [6, 6.07) is 0. The van der Waals surface area contributed by atoms with E-state index in [4.69, 9.17) is 5.21 Å². The van der Waals surface area contributed by atoms with Gasteiger partial charge in [-0.25, -0.2) is 4.98 Å². The molecule has 72 valence electrons. The fraction of sp³-hybridized carbons (Fsp3) is 0.556. The van der Waals surface area contributed by atoms with Crippen LogP contribution in [-0.4, -0.2) is 21.0 Å². The first-order chi connectivity index (χ1) is 6.38. The molecule has 0 atom stereocenters. The predicted molar refractivity (Wildman–Crippen MR) is 51.1 cm³/mol. The van der Waals surface area contributed by atoms with Crippen LogP contribution >= 0.6 is 0 Å². The lowest BCUT2D eigenvalue weighted by atomic mass is 10.2. The molecule has 1 aromatic heterocycles. The Bertz CT molecular complexity index is 268. The molecule has 0 spiro atoms. The third-order valence-electron chi connectivity index (χ3n) is 1.92. The monoisotopic (exact) mass is 181 g/mol. The van der Waals surface area contributed by atoms with Crippen molar-refractivity contribution in [3.63, 3.8) is 0 Å². The summed E-state index contributed by atoms with van der Waals surface area (Å²) in [7, 11) is 0. The lowest BCUT2D eigenvalue weighted by Crippen LogP contribution is -2.02. The topological polar surface area (TPSA) is 50.4 Å². The van der Waals surface area contributed by atoms with Crippen LogP contribution in [0.2, 0.25) is 0 Å². The van der Waals surface area contributed by atoms with Crippen molar-refractivity contribution < 1.29 is 5.21 Å². The second kappa shape index (κ2) is 5.35. The molecule has 0 saturated heterocycles. The average molecular weight is 181 g/mol. The molecule has 1 rings (SSSR count). The van der Waals surface area contributed by atoms with E-state index in [9.17, 15) is 0 Å². The van der Waals surface area contributed by atoms with E-state index in [2.05, 4.69) is 17.1 Å². The van der Waals surface area contributed by atoms with Gasteiger partial charge in [-0.3, -0.25) is 0 Å². The Balaban J connectivity index is 2.50. The normalized spacial score (nSPS) is 11.2. The van der Waals surface area contributed by atoms with Crippen LogP contribution in [0.25, 0.3) is 0 Å². The second-order valence-corrected chi connectivity index (χ2v) is 2.93. The Labute approximate surface area is 77.9 Å². The average Bonchev–Trinajstić information content (AvgIpc) is 2.54. The maximum Gasteiger partial charge on any atom is 0.154 e. The van der Waals surface area contributed by atoms with Gasteiger partial charge in [0.15, 0.2) is 5.82 Å². The number of rotatable bonds is 5. The van der Waals surface area contributed by atoms with Crippen molar-refractivity contribution in [2.24, 2.45) is 5.16 Å². The van der Waals surface area contributed by atoms with E-state index in [0.29, 0.717) is 5.82 Å². The van der Waals surface area contributed by atoms with Crippen LogP contribution in [-0.2, 0) is 6.54 Å². The minimum Gasteiger partial charge on any atom is -0.411 e. The number of hydrogen-bond donors (Lipinski definition) is 1. The largest absolute Gasteiger partial charge is 0.411 e. The van der Waals surface area contributed by atoms with Gasteiger partial charge in [-0.1, -0.05) is 24.9 Å². The van der Waals surface area contributed by atoms with Gasteiger partial charge in [-0.05, 0) is 6.42 Å². The molecule has 0 aliphatic carbocycles. The Kier molecular flexibility index (Phi) is 4.02. The summed E-state index contributed by atoms with van der Waals surface area (Å²) in [5, 5.41) is 11.3. The van der Waals surface area contributed by atoms with Gasteiger partial charge in [-0.15, -0.1) is 0 Å². The van der Waals surface area contributed by atoms with Crippen LogP contribution in [0, 0.1) is 0 Å². The summed E-state index contributed by atoms with van der Waals surface area (Å²) in [4.78, 5) is 4.04. The maximum absolute atomic E-state index is 8.35. The molecule has 13 heavy (non-hydrogen) atoms. The summed E-state index contributed by atoms with van der Waals surface area (Å²) in [6.45, 7) is 3.11. The SMILES string of the molecule is CCCCCn1ccnc1/C=N/O. The number of oxime groups is 1. The van der Waals surface area contributed by atoms with Crippen molar-refractivity contribution in [3.05, 3.63) is 18.2 Å². The number of aryl methyl sites for hydroxylation is 1. The lowest BCUT2D eigenvalue weighted by Gasteiger charge is -2.02. The third-order valence-corrected chi connectivity index (χ3v) is 1.92. The van der Waals surface area contributed by atoms with Gasteiger partial charge >= 0.3 is 0 Å². The van der Waals surface area contributed by atoms with Crippen molar-refractivity contribution in [3.8, 4) is 0 Å². The van der Waals surface area contributed by atoms with Crippen molar-refractivity contribution >= 4 is 6.21 Å². The van der Waals surface area contributed by atoms with E-state index in [1.54, 1.807) is 6.20 Å². The van der Waals surface area contributed by atoms with Crippen LogP contribution in [0.3, 0.4) is 0 Å². The zero-order valence-corrected chi connectivity index (χ0v) is 7.85. The van der Waals surface area contributed by atoms with Crippen molar-refractivity contribution in [1.29, 1.82) is 0 Å². The van der Waals surface area contributed by atoms with Crippen molar-refractivity contribution in [2.45, 2.75) is 32.7 Å². The quantitative estimate of drug-likeness (QED) is 0.326. The minimum atomic E-state index is 0.707. The molecule has 1 N–H and O–H groups in total. The highest BCUT2D eigenvalue weighted by atomic mass is 16.4. The van der Waals surface area contributed by atoms with Gasteiger partial charge in [-0.2, -0.15) is 0 Å². The van der Waals surface area contributed by atoms with Gasteiger partial charge in [0.25, 0.3) is 0 Å². The Morgan fingerprint density at radius 3 is 3.15 bits per heavy atom. The van der Waals surface area contributed by atoms with E-state index in [-0.39, 0.29) is 0 Å². The molecule has 0 bridgehead atoms. The molecular weight excluding hydrogens is 166 g/mol. The summed E-state index contributed by atoms with van der Waals surface area (Å²) < 4.78 is 1.98. The standard InChI is InChI=1S/C9H15N3O/c1-2-3-4-6-12-7-5-10-9(12)8-11-13/h5,7-8,13H,2-4,6H2,1H3/b11-8+. The lowest BCUT2D eigenvalue weighted by molar-refractivity contribution is 0.321. The van der Waals surface area contributed by atoms with Crippen LogP contribution in [0.4, 0.5) is 0 Å². The van der Waals surface area contributed by atoms with Gasteiger partial charge in [0, 0.05) is 18.9 Å². The van der Waals surface area contributed by atoms with E-state index >= 15 is 0 Å². The molecule has 0 saturated carbocycles. The molecule has 4 heteroatoms. The smallest absolute Gasteiger partial charge is 0.154 e. The van der Waals surface area contributed by atoms with Crippen molar-refractivity contribution in [2.75, 3.05) is 0 Å². The highest BCUT2D eigenvalue weighted by Gasteiger charge is 1.98. The second-order valence-electron chi connectivity index (χ2n) is 2.93. The van der Waals surface area contributed by atoms with Gasteiger partial charge < -0.3 is 9.77 Å². The summed E-state index contributed by atoms with van der Waals surface area (Å²) in [5.74, 6) is 0.707. The molecule has 0 unspecified atom stereocenters. The predicted octanol–water partition coefficient (Wildman–Crippen LogP) is 1.88. The van der Waals surface area contributed by atoms with Gasteiger partial charge in [0.05, 0.1) is 0 Å². The van der Waals surface area contributed by atoms with E-state index in [1.807, 2.05) is 10.8 Å². The maximum atomic E-state index is 8.35. The van der Waals surface area contributed by atoms with Gasteiger partial charge in [0.2, 0.25) is 0 Å². The molecule has 1 aromatic rings. The van der Waals surface area contributed by atoms with E-state index in [1.165, 1.54) is 19.1 Å². The minimum absolute atomic E-state index is 0.707. The molecule has 0 aliphatic heterocycles. The first-order valence-electron chi connectivity index (χ1n) is 4.57. The van der Waals surface area contributed by atoms with Gasteiger partial charge in [0.1, 0.15) is 6.21 Å². The van der Waals surface area contributed by atoms with Crippen LogP contribution in [0.15, 0.2) is 17.5 Å². The molecule has 1 heterocycles. The Morgan fingerprint density at radius 1 is 1.62 bits per heavy atom. The molecule has 0 fully saturated rings. The number of imidazole rings is 1. The molecule has 0 aromatic carbocycles. The van der Waals surface area contributed by atoms with Crippen LogP contribution in [0.1, 0.15) is 32.0 Å².